The number of aryl methyl sites for hydroxylation is 1. The summed E-state index contributed by atoms with van der Waals surface area (Å²) in [6, 6.07) is 15.1. The third-order valence-corrected chi connectivity index (χ3v) is 5.53. The Hall–Kier alpha value is -2.92. The standard InChI is InChI=1S/C24H23F2N3.ClH/c1-16-17(2)29(14-18-4-6-19(25)7-5-18)24-22(16)12-13-27-23(24)15-28(3)21-10-8-20(26)9-11-21;/h4-13H,14-15H2,1-3H3;1H. The Labute approximate surface area is 181 Å². The molecule has 0 saturated heterocycles. The van der Waals surface area contributed by atoms with Crippen LogP contribution in [-0.4, -0.2) is 16.6 Å². The van der Waals surface area contributed by atoms with Gasteiger partial charge in [0.05, 0.1) is 17.8 Å². The van der Waals surface area contributed by atoms with Crippen molar-refractivity contribution in [1.29, 1.82) is 0 Å². The Morgan fingerprint density at radius 3 is 2.13 bits per heavy atom. The van der Waals surface area contributed by atoms with Crippen molar-refractivity contribution in [1.82, 2.24) is 9.55 Å². The molecule has 0 bridgehead atoms. The van der Waals surface area contributed by atoms with Crippen molar-refractivity contribution in [2.45, 2.75) is 26.9 Å². The summed E-state index contributed by atoms with van der Waals surface area (Å²) in [4.78, 5) is 6.72. The van der Waals surface area contributed by atoms with Crippen LogP contribution in [-0.2, 0) is 13.1 Å². The van der Waals surface area contributed by atoms with Crippen LogP contribution in [0.3, 0.4) is 0 Å². The Balaban J connectivity index is 0.00000256. The first kappa shape index (κ1) is 21.8. The van der Waals surface area contributed by atoms with Crippen molar-refractivity contribution >= 4 is 29.0 Å². The van der Waals surface area contributed by atoms with Gasteiger partial charge in [-0.25, -0.2) is 8.78 Å². The molecule has 0 spiro atoms. The maximum atomic E-state index is 13.3. The van der Waals surface area contributed by atoms with Gasteiger partial charge in [-0.15, -0.1) is 12.4 Å². The molecule has 30 heavy (non-hydrogen) atoms. The van der Waals surface area contributed by atoms with Crippen molar-refractivity contribution in [3.05, 3.63) is 94.9 Å². The molecule has 3 nitrogen and oxygen atoms in total. The van der Waals surface area contributed by atoms with Crippen LogP contribution < -0.4 is 4.90 Å². The summed E-state index contributed by atoms with van der Waals surface area (Å²) in [6.45, 7) is 5.46. The molecule has 0 aliphatic carbocycles. The van der Waals surface area contributed by atoms with Crippen molar-refractivity contribution in [3.8, 4) is 0 Å². The molecule has 4 rings (SSSR count). The molecule has 0 amide bonds. The number of hydrogen-bond donors (Lipinski definition) is 0. The Morgan fingerprint density at radius 1 is 0.900 bits per heavy atom. The molecule has 0 N–H and O–H groups in total. The van der Waals surface area contributed by atoms with Crippen molar-refractivity contribution in [3.63, 3.8) is 0 Å². The van der Waals surface area contributed by atoms with Gasteiger partial charge in [-0.05, 0) is 67.4 Å². The summed E-state index contributed by atoms with van der Waals surface area (Å²) < 4.78 is 28.8. The molecule has 2 aromatic heterocycles. The van der Waals surface area contributed by atoms with Crippen LogP contribution in [0.4, 0.5) is 14.5 Å². The Morgan fingerprint density at radius 2 is 1.50 bits per heavy atom. The molecule has 4 aromatic rings. The number of rotatable bonds is 5. The average Bonchev–Trinajstić information content (AvgIpc) is 2.96. The number of nitrogens with zero attached hydrogens (tertiary/aromatic N) is 3. The van der Waals surface area contributed by atoms with Crippen LogP contribution >= 0.6 is 12.4 Å². The van der Waals surface area contributed by atoms with Crippen LogP contribution in [0.2, 0.25) is 0 Å². The van der Waals surface area contributed by atoms with Crippen molar-refractivity contribution in [2.24, 2.45) is 0 Å². The molecule has 6 heteroatoms. The minimum absolute atomic E-state index is 0. The number of pyridine rings is 1. The second kappa shape index (κ2) is 8.84. The summed E-state index contributed by atoms with van der Waals surface area (Å²) in [5.41, 5.74) is 6.38. The lowest BCUT2D eigenvalue weighted by Crippen LogP contribution is -2.18. The first-order valence-corrected chi connectivity index (χ1v) is 9.58. The highest BCUT2D eigenvalue weighted by molar-refractivity contribution is 5.87. The van der Waals surface area contributed by atoms with Crippen LogP contribution in [0.25, 0.3) is 10.9 Å². The fourth-order valence-electron chi connectivity index (χ4n) is 3.76. The summed E-state index contributed by atoms with van der Waals surface area (Å²) in [5.74, 6) is -0.482. The third-order valence-electron chi connectivity index (χ3n) is 5.53. The minimum atomic E-state index is -0.248. The van der Waals surface area contributed by atoms with E-state index in [0.29, 0.717) is 13.1 Å². The van der Waals surface area contributed by atoms with Gasteiger partial charge >= 0.3 is 0 Å². The topological polar surface area (TPSA) is 21.1 Å². The maximum absolute atomic E-state index is 13.3. The number of aromatic nitrogens is 2. The summed E-state index contributed by atoms with van der Waals surface area (Å²) in [5, 5.41) is 1.17. The Kier molecular flexibility index (Phi) is 6.42. The highest BCUT2D eigenvalue weighted by Gasteiger charge is 2.17. The zero-order valence-corrected chi connectivity index (χ0v) is 18.0. The first-order chi connectivity index (χ1) is 13.9. The van der Waals surface area contributed by atoms with E-state index in [4.69, 9.17) is 0 Å². The molecule has 0 atom stereocenters. The van der Waals surface area contributed by atoms with E-state index in [1.807, 2.05) is 31.4 Å². The quantitative estimate of drug-likeness (QED) is 0.387. The molecule has 0 radical (unpaired) electrons. The molecule has 0 unspecified atom stereocenters. The molecule has 2 heterocycles. The second-order valence-electron chi connectivity index (χ2n) is 7.41. The van der Waals surface area contributed by atoms with Gasteiger partial charge in [-0.3, -0.25) is 4.98 Å². The zero-order valence-electron chi connectivity index (χ0n) is 17.2. The van der Waals surface area contributed by atoms with Crippen molar-refractivity contribution in [2.75, 3.05) is 11.9 Å². The molecule has 2 aromatic carbocycles. The second-order valence-corrected chi connectivity index (χ2v) is 7.41. The van der Waals surface area contributed by atoms with Gasteiger partial charge < -0.3 is 9.47 Å². The summed E-state index contributed by atoms with van der Waals surface area (Å²) >= 11 is 0. The van der Waals surface area contributed by atoms with Gasteiger partial charge in [0.2, 0.25) is 0 Å². The van der Waals surface area contributed by atoms with Crippen LogP contribution in [0, 0.1) is 25.5 Å². The van der Waals surface area contributed by atoms with E-state index >= 15 is 0 Å². The van der Waals surface area contributed by atoms with Crippen LogP contribution in [0.5, 0.6) is 0 Å². The van der Waals surface area contributed by atoms with E-state index in [1.165, 1.54) is 40.9 Å². The highest BCUT2D eigenvalue weighted by atomic mass is 35.5. The summed E-state index contributed by atoms with van der Waals surface area (Å²) in [6.07, 6.45) is 1.84. The highest BCUT2D eigenvalue weighted by Crippen LogP contribution is 2.29. The predicted octanol–water partition coefficient (Wildman–Crippen LogP) is 6.04. The fraction of sp³-hybridized carbons (Fsp3) is 0.208. The third kappa shape index (κ3) is 4.17. The zero-order chi connectivity index (χ0) is 20.5. The van der Waals surface area contributed by atoms with E-state index in [9.17, 15) is 8.78 Å². The number of benzene rings is 2. The maximum Gasteiger partial charge on any atom is 0.123 e. The van der Waals surface area contributed by atoms with Crippen LogP contribution in [0.1, 0.15) is 22.5 Å². The molecule has 0 aliphatic rings. The SMILES string of the molecule is Cc1c(C)n(Cc2ccc(F)cc2)c2c(CN(C)c3ccc(F)cc3)nccc12.Cl. The number of anilines is 1. The molecular weight excluding hydrogens is 404 g/mol. The average molecular weight is 428 g/mol. The summed E-state index contributed by atoms with van der Waals surface area (Å²) in [7, 11) is 1.97. The first-order valence-electron chi connectivity index (χ1n) is 9.58. The van der Waals surface area contributed by atoms with E-state index in [-0.39, 0.29) is 24.0 Å². The van der Waals surface area contributed by atoms with Crippen molar-refractivity contribution < 1.29 is 8.78 Å². The molecule has 156 valence electrons. The largest absolute Gasteiger partial charge is 0.369 e. The normalized spacial score (nSPS) is 10.8. The molecule has 0 aliphatic heterocycles. The monoisotopic (exact) mass is 427 g/mol. The van der Waals surface area contributed by atoms with Gasteiger partial charge in [-0.1, -0.05) is 12.1 Å². The molecule has 0 fully saturated rings. The number of halogens is 3. The lowest BCUT2D eigenvalue weighted by Gasteiger charge is -2.20. The van der Waals surface area contributed by atoms with E-state index < -0.39 is 0 Å². The lowest BCUT2D eigenvalue weighted by molar-refractivity contribution is 0.626. The fourth-order valence-corrected chi connectivity index (χ4v) is 3.76. The van der Waals surface area contributed by atoms with Gasteiger partial charge in [0.25, 0.3) is 0 Å². The number of fused-ring (bicyclic) bond motifs is 1. The molecule has 0 saturated carbocycles. The minimum Gasteiger partial charge on any atom is -0.369 e. The number of hydrogen-bond acceptors (Lipinski definition) is 2. The van der Waals surface area contributed by atoms with Gasteiger partial charge in [0, 0.05) is 36.6 Å². The van der Waals surface area contributed by atoms with Crippen LogP contribution in [0.15, 0.2) is 60.8 Å². The smallest absolute Gasteiger partial charge is 0.123 e. The lowest BCUT2D eigenvalue weighted by atomic mass is 10.1. The van der Waals surface area contributed by atoms with E-state index in [0.717, 1.165) is 22.5 Å². The van der Waals surface area contributed by atoms with Gasteiger partial charge in [0.1, 0.15) is 11.6 Å². The Bertz CT molecular complexity index is 1150. The molecular formula is C24H24ClF2N3. The predicted molar refractivity (Wildman–Crippen MR) is 120 cm³/mol. The van der Waals surface area contributed by atoms with E-state index in [1.54, 1.807) is 12.1 Å². The van der Waals surface area contributed by atoms with E-state index in [2.05, 4.69) is 28.3 Å². The van der Waals surface area contributed by atoms with Gasteiger partial charge in [-0.2, -0.15) is 0 Å². The van der Waals surface area contributed by atoms with Gasteiger partial charge in [0.15, 0.2) is 0 Å².